The van der Waals surface area contributed by atoms with Gasteiger partial charge in [-0.3, -0.25) is 0 Å². The van der Waals surface area contributed by atoms with Crippen LogP contribution in [0.15, 0.2) is 24.3 Å². The summed E-state index contributed by atoms with van der Waals surface area (Å²) in [5.74, 6) is 2.35. The first kappa shape index (κ1) is 14.9. The number of hydrogen-bond acceptors (Lipinski definition) is 4. The maximum Gasteiger partial charge on any atom is 0.224 e. The Morgan fingerprint density at radius 2 is 1.95 bits per heavy atom. The Bertz CT molecular complexity index is 605. The number of nitrogens with zero attached hydrogens (tertiary/aromatic N) is 2. The van der Waals surface area contributed by atoms with Gasteiger partial charge in [-0.2, -0.15) is 4.98 Å². The Balaban J connectivity index is 2.32. The molecule has 0 amide bonds. The summed E-state index contributed by atoms with van der Waals surface area (Å²) in [6, 6.07) is 6.79. The number of rotatable bonds is 5. The molecule has 1 heterocycles. The molecule has 0 aliphatic heterocycles. The molecule has 1 aromatic carbocycles. The SMILES string of the molecule is CCNc1cc(Oc2cc(Cl)ccc2Cl)nc(CC)n1. The van der Waals surface area contributed by atoms with Crippen LogP contribution in [0.4, 0.5) is 5.82 Å². The second-order valence-corrected chi connectivity index (χ2v) is 4.91. The van der Waals surface area contributed by atoms with E-state index in [0.29, 0.717) is 27.5 Å². The Hall–Kier alpha value is -1.52. The molecule has 0 fully saturated rings. The van der Waals surface area contributed by atoms with Crippen LogP contribution in [0.3, 0.4) is 0 Å². The van der Waals surface area contributed by atoms with Crippen LogP contribution in [0.1, 0.15) is 19.7 Å². The molecule has 1 aromatic heterocycles. The molecule has 1 N–H and O–H groups in total. The Labute approximate surface area is 128 Å². The van der Waals surface area contributed by atoms with Crippen molar-refractivity contribution in [1.29, 1.82) is 0 Å². The van der Waals surface area contributed by atoms with Gasteiger partial charge in [-0.25, -0.2) is 4.98 Å². The molecule has 0 unspecified atom stereocenters. The average molecular weight is 312 g/mol. The lowest BCUT2D eigenvalue weighted by Gasteiger charge is -2.10. The topological polar surface area (TPSA) is 47.0 Å². The smallest absolute Gasteiger partial charge is 0.224 e. The van der Waals surface area contributed by atoms with Crippen LogP contribution in [0, 0.1) is 0 Å². The van der Waals surface area contributed by atoms with Crippen molar-refractivity contribution in [2.45, 2.75) is 20.3 Å². The highest BCUT2D eigenvalue weighted by atomic mass is 35.5. The molecule has 6 heteroatoms. The van der Waals surface area contributed by atoms with Crippen LogP contribution in [0.5, 0.6) is 11.6 Å². The van der Waals surface area contributed by atoms with Gasteiger partial charge >= 0.3 is 0 Å². The molecule has 0 aliphatic carbocycles. The predicted molar refractivity (Wildman–Crippen MR) is 82.1 cm³/mol. The van der Waals surface area contributed by atoms with Crippen LogP contribution in [0.2, 0.25) is 10.0 Å². The zero-order valence-electron chi connectivity index (χ0n) is 11.3. The first-order valence-electron chi connectivity index (χ1n) is 6.37. The normalized spacial score (nSPS) is 10.4. The highest BCUT2D eigenvalue weighted by Gasteiger charge is 2.08. The fourth-order valence-electron chi connectivity index (χ4n) is 1.62. The lowest BCUT2D eigenvalue weighted by atomic mass is 10.3. The molecule has 20 heavy (non-hydrogen) atoms. The van der Waals surface area contributed by atoms with Gasteiger partial charge in [-0.05, 0) is 19.1 Å². The van der Waals surface area contributed by atoms with E-state index in [4.69, 9.17) is 27.9 Å². The molecule has 0 atom stereocenters. The summed E-state index contributed by atoms with van der Waals surface area (Å²) in [7, 11) is 0. The van der Waals surface area contributed by atoms with Crippen LogP contribution in [0.25, 0.3) is 0 Å². The van der Waals surface area contributed by atoms with Gasteiger partial charge in [-0.15, -0.1) is 0 Å². The van der Waals surface area contributed by atoms with Gasteiger partial charge in [0, 0.05) is 30.1 Å². The standard InChI is InChI=1S/C14H15Cl2N3O/c1-3-12-18-13(17-4-2)8-14(19-12)20-11-7-9(15)5-6-10(11)16/h5-8H,3-4H2,1-2H3,(H,17,18,19). The zero-order chi connectivity index (χ0) is 14.5. The van der Waals surface area contributed by atoms with E-state index in [-0.39, 0.29) is 0 Å². The number of hydrogen-bond donors (Lipinski definition) is 1. The second-order valence-electron chi connectivity index (χ2n) is 4.07. The van der Waals surface area contributed by atoms with E-state index in [1.165, 1.54) is 0 Å². The molecule has 0 spiro atoms. The highest BCUT2D eigenvalue weighted by molar-refractivity contribution is 6.34. The van der Waals surface area contributed by atoms with Crippen LogP contribution >= 0.6 is 23.2 Å². The summed E-state index contributed by atoms with van der Waals surface area (Å²) >= 11 is 12.0. The largest absolute Gasteiger partial charge is 0.437 e. The van der Waals surface area contributed by atoms with Gasteiger partial charge in [0.25, 0.3) is 0 Å². The van der Waals surface area contributed by atoms with Gasteiger partial charge in [0.15, 0.2) is 0 Å². The van der Waals surface area contributed by atoms with Crippen molar-refractivity contribution in [3.05, 3.63) is 40.1 Å². The minimum Gasteiger partial charge on any atom is -0.437 e. The number of aryl methyl sites for hydroxylation is 1. The van der Waals surface area contributed by atoms with Crippen molar-refractivity contribution < 1.29 is 4.74 Å². The second kappa shape index (κ2) is 6.77. The fourth-order valence-corrected chi connectivity index (χ4v) is 1.94. The third kappa shape index (κ3) is 3.74. The minimum absolute atomic E-state index is 0.442. The number of aromatic nitrogens is 2. The summed E-state index contributed by atoms with van der Waals surface area (Å²) in [5, 5.41) is 4.18. The van der Waals surface area contributed by atoms with E-state index in [9.17, 15) is 0 Å². The van der Waals surface area contributed by atoms with E-state index in [1.807, 2.05) is 13.8 Å². The van der Waals surface area contributed by atoms with Gasteiger partial charge in [0.2, 0.25) is 5.88 Å². The minimum atomic E-state index is 0.442. The highest BCUT2D eigenvalue weighted by Crippen LogP contribution is 2.31. The maximum atomic E-state index is 6.08. The lowest BCUT2D eigenvalue weighted by molar-refractivity contribution is 0.459. The molecule has 0 bridgehead atoms. The number of ether oxygens (including phenoxy) is 1. The maximum absolute atomic E-state index is 6.08. The third-order valence-electron chi connectivity index (χ3n) is 2.53. The molecule has 0 saturated heterocycles. The van der Waals surface area contributed by atoms with Gasteiger partial charge in [0.1, 0.15) is 17.4 Å². The third-order valence-corrected chi connectivity index (χ3v) is 3.08. The van der Waals surface area contributed by atoms with E-state index in [2.05, 4.69) is 15.3 Å². The molecule has 0 saturated carbocycles. The van der Waals surface area contributed by atoms with Crippen molar-refractivity contribution in [2.75, 3.05) is 11.9 Å². The summed E-state index contributed by atoms with van der Waals surface area (Å²) in [6.07, 6.45) is 0.721. The number of benzene rings is 1. The van der Waals surface area contributed by atoms with Crippen LogP contribution in [-0.2, 0) is 6.42 Å². The van der Waals surface area contributed by atoms with Gasteiger partial charge in [0.05, 0.1) is 5.02 Å². The predicted octanol–water partition coefficient (Wildman–Crippen LogP) is 4.57. The molecular formula is C14H15Cl2N3O. The average Bonchev–Trinajstić information content (AvgIpc) is 2.43. The summed E-state index contributed by atoms with van der Waals surface area (Å²) in [5.41, 5.74) is 0. The van der Waals surface area contributed by atoms with Gasteiger partial charge < -0.3 is 10.1 Å². The van der Waals surface area contributed by atoms with E-state index in [0.717, 1.165) is 18.8 Å². The van der Waals surface area contributed by atoms with Crippen molar-refractivity contribution >= 4 is 29.0 Å². The monoisotopic (exact) mass is 311 g/mol. The van der Waals surface area contributed by atoms with Crippen LogP contribution < -0.4 is 10.1 Å². The molecule has 2 rings (SSSR count). The zero-order valence-corrected chi connectivity index (χ0v) is 12.8. The van der Waals surface area contributed by atoms with Crippen molar-refractivity contribution in [3.63, 3.8) is 0 Å². The number of anilines is 1. The van der Waals surface area contributed by atoms with Crippen LogP contribution in [-0.4, -0.2) is 16.5 Å². The summed E-state index contributed by atoms with van der Waals surface area (Å²) in [4.78, 5) is 8.69. The van der Waals surface area contributed by atoms with E-state index < -0.39 is 0 Å². The Morgan fingerprint density at radius 1 is 1.15 bits per heavy atom. The summed E-state index contributed by atoms with van der Waals surface area (Å²) in [6.45, 7) is 4.76. The molecule has 2 aromatic rings. The lowest BCUT2D eigenvalue weighted by Crippen LogP contribution is -2.04. The number of halogens is 2. The first-order chi connectivity index (χ1) is 9.62. The fraction of sp³-hybridized carbons (Fsp3) is 0.286. The molecule has 4 nitrogen and oxygen atoms in total. The van der Waals surface area contributed by atoms with E-state index >= 15 is 0 Å². The van der Waals surface area contributed by atoms with E-state index in [1.54, 1.807) is 24.3 Å². The Morgan fingerprint density at radius 3 is 2.65 bits per heavy atom. The van der Waals surface area contributed by atoms with Crippen molar-refractivity contribution in [2.24, 2.45) is 0 Å². The Kier molecular flexibility index (Phi) is 5.04. The van der Waals surface area contributed by atoms with Crippen molar-refractivity contribution in [1.82, 2.24) is 9.97 Å². The first-order valence-corrected chi connectivity index (χ1v) is 7.12. The number of nitrogens with one attached hydrogen (secondary N) is 1. The molecule has 0 aliphatic rings. The van der Waals surface area contributed by atoms with Gasteiger partial charge in [-0.1, -0.05) is 30.1 Å². The molecular weight excluding hydrogens is 297 g/mol. The molecule has 106 valence electrons. The summed E-state index contributed by atoms with van der Waals surface area (Å²) < 4.78 is 5.71. The quantitative estimate of drug-likeness (QED) is 0.878. The molecule has 0 radical (unpaired) electrons. The van der Waals surface area contributed by atoms with Crippen molar-refractivity contribution in [3.8, 4) is 11.6 Å².